The maximum absolute atomic E-state index is 12.4. The lowest BCUT2D eigenvalue weighted by Crippen LogP contribution is -2.45. The standard InChI is InChI=1S/C20H23N3O4/c1-13-11-23(12-14(2)26-13)17-9-8-16(10-22-17)20(25)27-18(19(21)24)15-6-4-3-5-7-15/h3-10,13-14,18H,11-12H2,1-2H3,(H2,21,24)/t13-,14+,18-/m0/s1. The number of nitrogens with zero attached hydrogens (tertiary/aromatic N) is 2. The van der Waals surface area contributed by atoms with E-state index < -0.39 is 18.0 Å². The van der Waals surface area contributed by atoms with Crippen LogP contribution in [-0.2, 0) is 14.3 Å². The summed E-state index contributed by atoms with van der Waals surface area (Å²) in [5.74, 6) is -0.608. The van der Waals surface area contributed by atoms with Gasteiger partial charge in [-0.15, -0.1) is 0 Å². The first-order valence-corrected chi connectivity index (χ1v) is 8.85. The zero-order chi connectivity index (χ0) is 19.4. The molecule has 1 aliphatic rings. The molecule has 3 rings (SSSR count). The molecule has 1 aromatic heterocycles. The van der Waals surface area contributed by atoms with E-state index in [0.29, 0.717) is 5.56 Å². The molecule has 0 saturated carbocycles. The van der Waals surface area contributed by atoms with Crippen LogP contribution in [0.2, 0.25) is 0 Å². The van der Waals surface area contributed by atoms with Crippen LogP contribution in [0.1, 0.15) is 35.9 Å². The summed E-state index contributed by atoms with van der Waals surface area (Å²) >= 11 is 0. The summed E-state index contributed by atoms with van der Waals surface area (Å²) < 4.78 is 11.0. The number of pyridine rings is 1. The molecular weight excluding hydrogens is 346 g/mol. The van der Waals surface area contributed by atoms with Crippen molar-refractivity contribution in [1.82, 2.24) is 4.98 Å². The van der Waals surface area contributed by atoms with Gasteiger partial charge in [0.25, 0.3) is 5.91 Å². The molecule has 2 aromatic rings. The lowest BCUT2D eigenvalue weighted by atomic mass is 10.1. The fraction of sp³-hybridized carbons (Fsp3) is 0.350. The van der Waals surface area contributed by atoms with E-state index in [1.807, 2.05) is 13.8 Å². The van der Waals surface area contributed by atoms with Crippen LogP contribution < -0.4 is 10.6 Å². The van der Waals surface area contributed by atoms with Crippen LogP contribution >= 0.6 is 0 Å². The summed E-state index contributed by atoms with van der Waals surface area (Å²) in [5.41, 5.74) is 6.18. The van der Waals surface area contributed by atoms with E-state index in [9.17, 15) is 9.59 Å². The molecule has 1 fully saturated rings. The SMILES string of the molecule is C[C@@H]1CN(c2ccc(C(=O)O[C@H](C(N)=O)c3ccccc3)cn2)C[C@H](C)O1. The molecule has 1 saturated heterocycles. The Morgan fingerprint density at radius 1 is 1.15 bits per heavy atom. The molecule has 2 heterocycles. The summed E-state index contributed by atoms with van der Waals surface area (Å²) in [5, 5.41) is 0. The maximum atomic E-state index is 12.4. The summed E-state index contributed by atoms with van der Waals surface area (Å²) in [6.07, 6.45) is 0.537. The summed E-state index contributed by atoms with van der Waals surface area (Å²) in [6.45, 7) is 5.50. The van der Waals surface area contributed by atoms with E-state index in [-0.39, 0.29) is 17.8 Å². The molecule has 1 amide bonds. The third kappa shape index (κ3) is 4.62. The first-order valence-electron chi connectivity index (χ1n) is 8.85. The van der Waals surface area contributed by atoms with Gasteiger partial charge in [0.2, 0.25) is 6.10 Å². The van der Waals surface area contributed by atoms with Crippen molar-refractivity contribution in [3.05, 3.63) is 59.8 Å². The minimum atomic E-state index is -1.14. The Balaban J connectivity index is 1.71. The highest BCUT2D eigenvalue weighted by Gasteiger charge is 2.25. The van der Waals surface area contributed by atoms with E-state index in [4.69, 9.17) is 15.2 Å². The molecule has 1 aromatic carbocycles. The van der Waals surface area contributed by atoms with Gasteiger partial charge >= 0.3 is 5.97 Å². The summed E-state index contributed by atoms with van der Waals surface area (Å²) in [6, 6.07) is 12.1. The molecule has 3 atom stereocenters. The first kappa shape index (κ1) is 18.8. The van der Waals surface area contributed by atoms with Gasteiger partial charge in [-0.2, -0.15) is 0 Å². The third-order valence-corrected chi connectivity index (χ3v) is 4.31. The maximum Gasteiger partial charge on any atom is 0.340 e. The fourth-order valence-electron chi connectivity index (χ4n) is 3.15. The molecule has 7 nitrogen and oxygen atoms in total. The second kappa shape index (κ2) is 8.18. The quantitative estimate of drug-likeness (QED) is 0.811. The summed E-state index contributed by atoms with van der Waals surface area (Å²) in [4.78, 5) is 30.6. The number of carbonyl (C=O) groups is 2. The minimum Gasteiger partial charge on any atom is -0.444 e. The molecule has 0 radical (unpaired) electrons. The fourth-order valence-corrected chi connectivity index (χ4v) is 3.15. The molecule has 142 valence electrons. The van der Waals surface area contributed by atoms with Crippen molar-refractivity contribution in [2.24, 2.45) is 5.73 Å². The van der Waals surface area contributed by atoms with Gasteiger partial charge in [0, 0.05) is 24.8 Å². The second-order valence-corrected chi connectivity index (χ2v) is 6.67. The number of rotatable bonds is 5. The molecule has 0 spiro atoms. The number of ether oxygens (including phenoxy) is 2. The van der Waals surface area contributed by atoms with Gasteiger partial charge < -0.3 is 20.1 Å². The number of carbonyl (C=O) groups excluding carboxylic acids is 2. The number of anilines is 1. The number of aromatic nitrogens is 1. The number of hydrogen-bond acceptors (Lipinski definition) is 6. The molecule has 7 heteroatoms. The van der Waals surface area contributed by atoms with Gasteiger partial charge in [0.1, 0.15) is 5.82 Å². The zero-order valence-corrected chi connectivity index (χ0v) is 15.4. The first-order chi connectivity index (χ1) is 12.9. The van der Waals surface area contributed by atoms with Gasteiger partial charge in [-0.25, -0.2) is 9.78 Å². The van der Waals surface area contributed by atoms with Crippen molar-refractivity contribution in [2.45, 2.75) is 32.2 Å². The number of morpholine rings is 1. The highest BCUT2D eigenvalue weighted by molar-refractivity contribution is 5.92. The van der Waals surface area contributed by atoms with Gasteiger partial charge in [0.05, 0.1) is 17.8 Å². The van der Waals surface area contributed by atoms with Gasteiger partial charge in [-0.1, -0.05) is 30.3 Å². The van der Waals surface area contributed by atoms with Crippen molar-refractivity contribution in [1.29, 1.82) is 0 Å². The minimum absolute atomic E-state index is 0.113. The predicted molar refractivity (Wildman–Crippen MR) is 100 cm³/mol. The number of esters is 1. The largest absolute Gasteiger partial charge is 0.444 e. The lowest BCUT2D eigenvalue weighted by Gasteiger charge is -2.36. The molecule has 0 aliphatic carbocycles. The number of benzene rings is 1. The van der Waals surface area contributed by atoms with Gasteiger partial charge in [-0.05, 0) is 26.0 Å². The average molecular weight is 369 g/mol. The van der Waals surface area contributed by atoms with Crippen molar-refractivity contribution >= 4 is 17.7 Å². The smallest absolute Gasteiger partial charge is 0.340 e. The molecule has 0 unspecified atom stereocenters. The van der Waals surface area contributed by atoms with Crippen molar-refractivity contribution in [3.63, 3.8) is 0 Å². The molecule has 27 heavy (non-hydrogen) atoms. The van der Waals surface area contributed by atoms with Crippen LogP contribution in [0.4, 0.5) is 5.82 Å². The Bertz CT molecular complexity index is 785. The topological polar surface area (TPSA) is 94.8 Å². The van der Waals surface area contributed by atoms with E-state index >= 15 is 0 Å². The molecule has 0 bridgehead atoms. The molecule has 1 aliphatic heterocycles. The highest BCUT2D eigenvalue weighted by Crippen LogP contribution is 2.21. The zero-order valence-electron chi connectivity index (χ0n) is 15.4. The van der Waals surface area contributed by atoms with Crippen molar-refractivity contribution in [2.75, 3.05) is 18.0 Å². The predicted octanol–water partition coefficient (Wildman–Crippen LogP) is 2.08. The average Bonchev–Trinajstić information content (AvgIpc) is 2.65. The number of amides is 1. The lowest BCUT2D eigenvalue weighted by molar-refractivity contribution is -0.127. The van der Waals surface area contributed by atoms with Crippen LogP contribution in [0.15, 0.2) is 48.7 Å². The molecule has 2 N–H and O–H groups in total. The van der Waals surface area contributed by atoms with Gasteiger partial charge in [-0.3, -0.25) is 4.79 Å². The number of nitrogens with two attached hydrogens (primary N) is 1. The van der Waals surface area contributed by atoms with E-state index in [1.165, 1.54) is 6.20 Å². The van der Waals surface area contributed by atoms with Crippen LogP contribution in [0, 0.1) is 0 Å². The number of hydrogen-bond donors (Lipinski definition) is 1. The van der Waals surface area contributed by atoms with E-state index in [0.717, 1.165) is 18.9 Å². The highest BCUT2D eigenvalue weighted by atomic mass is 16.5. The van der Waals surface area contributed by atoms with Crippen LogP contribution in [0.3, 0.4) is 0 Å². The van der Waals surface area contributed by atoms with Crippen molar-refractivity contribution < 1.29 is 19.1 Å². The Labute approximate surface area is 158 Å². The Morgan fingerprint density at radius 2 is 1.81 bits per heavy atom. The van der Waals surface area contributed by atoms with E-state index in [1.54, 1.807) is 42.5 Å². The Kier molecular flexibility index (Phi) is 5.71. The third-order valence-electron chi connectivity index (χ3n) is 4.31. The van der Waals surface area contributed by atoms with Crippen LogP contribution in [-0.4, -0.2) is 42.2 Å². The van der Waals surface area contributed by atoms with E-state index in [2.05, 4.69) is 9.88 Å². The van der Waals surface area contributed by atoms with Crippen molar-refractivity contribution in [3.8, 4) is 0 Å². The Hall–Kier alpha value is -2.93. The molecular formula is C20H23N3O4. The number of primary amides is 1. The van der Waals surface area contributed by atoms with Crippen LogP contribution in [0.5, 0.6) is 0 Å². The second-order valence-electron chi connectivity index (χ2n) is 6.67. The monoisotopic (exact) mass is 369 g/mol. The summed E-state index contributed by atoms with van der Waals surface area (Å²) in [7, 11) is 0. The van der Waals surface area contributed by atoms with Crippen LogP contribution in [0.25, 0.3) is 0 Å². The van der Waals surface area contributed by atoms with Gasteiger partial charge in [0.15, 0.2) is 0 Å². The normalized spacial score (nSPS) is 20.7. The Morgan fingerprint density at radius 3 is 2.37 bits per heavy atom.